The summed E-state index contributed by atoms with van der Waals surface area (Å²) in [6.45, 7) is 28.8. The summed E-state index contributed by atoms with van der Waals surface area (Å²) in [6.07, 6.45) is 0. The first-order valence-electron chi connectivity index (χ1n) is 9.24. The Labute approximate surface area is 173 Å². The van der Waals surface area contributed by atoms with Crippen molar-refractivity contribution in [2.24, 2.45) is 0 Å². The Bertz CT molecular complexity index is 436. The van der Waals surface area contributed by atoms with Crippen LogP contribution in [0, 0.1) is 0 Å². The van der Waals surface area contributed by atoms with E-state index in [1.54, 1.807) is 6.92 Å². The van der Waals surface area contributed by atoms with Crippen molar-refractivity contribution in [3.05, 3.63) is 12.2 Å². The molecule has 162 valence electrons. The van der Waals surface area contributed by atoms with Gasteiger partial charge in [0.25, 0.3) is 0 Å². The van der Waals surface area contributed by atoms with Gasteiger partial charge >= 0.3 is 15.0 Å². The van der Waals surface area contributed by atoms with Gasteiger partial charge in [0.1, 0.15) is 0 Å². The van der Waals surface area contributed by atoms with Crippen molar-refractivity contribution >= 4 is 49.0 Å². The average molecular weight is 471 g/mol. The zero-order chi connectivity index (χ0) is 22.3. The number of esters is 1. The number of carbonyl (C=O) groups excluding carboxylic acids is 1. The maximum atomic E-state index is 10.2. The van der Waals surface area contributed by atoms with Crippen LogP contribution in [0.15, 0.2) is 12.2 Å². The molecular weight excluding hydrogens is 429 g/mol. The molecule has 0 aromatic heterocycles. The zero-order valence-electron chi connectivity index (χ0n) is 19.7. The molecule has 0 bridgehead atoms. The third kappa shape index (κ3) is 17.9. The summed E-state index contributed by atoms with van der Waals surface area (Å²) in [7, 11) is -8.41. The molecule has 0 amide bonds. The van der Waals surface area contributed by atoms with Crippen LogP contribution in [0.3, 0.4) is 0 Å². The quantitative estimate of drug-likeness (QED) is 0.276. The Morgan fingerprint density at radius 3 is 1.19 bits per heavy atom. The highest BCUT2D eigenvalue weighted by molar-refractivity contribution is 6.89. The lowest BCUT2D eigenvalue weighted by Gasteiger charge is -2.42. The molecule has 0 spiro atoms. The van der Waals surface area contributed by atoms with Crippen LogP contribution in [0.2, 0.25) is 72.0 Å². The Morgan fingerprint density at radius 2 is 1.07 bits per heavy atom. The summed E-state index contributed by atoms with van der Waals surface area (Å²) < 4.78 is 29.8. The highest BCUT2D eigenvalue weighted by Gasteiger charge is 2.53. The average Bonchev–Trinajstić information content (AvgIpc) is 2.29. The summed E-state index contributed by atoms with van der Waals surface area (Å²) in [5.74, 6) is -0.347. The van der Waals surface area contributed by atoms with E-state index in [-0.39, 0.29) is 5.97 Å². The Morgan fingerprint density at radius 1 is 0.778 bits per heavy atom. The molecule has 0 aromatic rings. The van der Waals surface area contributed by atoms with Crippen molar-refractivity contribution in [1.82, 2.24) is 0 Å². The molecule has 0 rings (SSSR count). The van der Waals surface area contributed by atoms with Crippen molar-refractivity contribution in [1.29, 1.82) is 0 Å². The van der Waals surface area contributed by atoms with Crippen LogP contribution in [-0.2, 0) is 26.0 Å². The molecule has 0 aliphatic rings. The van der Waals surface area contributed by atoms with Gasteiger partial charge in [-0.05, 0) is 78.9 Å². The molecule has 0 saturated heterocycles. The molecule has 0 radical (unpaired) electrons. The van der Waals surface area contributed by atoms with E-state index in [9.17, 15) is 4.79 Å². The van der Waals surface area contributed by atoms with Gasteiger partial charge in [-0.25, -0.2) is 4.79 Å². The van der Waals surface area contributed by atoms with Crippen molar-refractivity contribution in [2.75, 3.05) is 7.11 Å². The number of rotatable bonds is 9. The van der Waals surface area contributed by atoms with Crippen molar-refractivity contribution in [3.8, 4) is 0 Å². The molecule has 0 fully saturated rings. The van der Waals surface area contributed by atoms with E-state index in [2.05, 4.69) is 83.3 Å². The van der Waals surface area contributed by atoms with Gasteiger partial charge in [0.2, 0.25) is 0 Å². The van der Waals surface area contributed by atoms with Gasteiger partial charge in [-0.2, -0.15) is 0 Å². The lowest BCUT2D eigenvalue weighted by atomic mass is 10.4. The molecule has 27 heavy (non-hydrogen) atoms. The molecule has 0 saturated carbocycles. The molecular formula is C16H42O6Si5. The summed E-state index contributed by atoms with van der Waals surface area (Å²) in [6, 6.07) is 0. The van der Waals surface area contributed by atoms with Crippen LogP contribution in [0.4, 0.5) is 0 Å². The second-order valence-electron chi connectivity index (χ2n) is 9.58. The van der Waals surface area contributed by atoms with E-state index < -0.39 is 43.0 Å². The number of ether oxygens (including phenoxy) is 1. The van der Waals surface area contributed by atoms with Crippen molar-refractivity contribution in [3.63, 3.8) is 0 Å². The number of carbonyl (C=O) groups is 1. The molecule has 0 aromatic carbocycles. The van der Waals surface area contributed by atoms with E-state index >= 15 is 0 Å². The smallest absolute Gasteiger partial charge is 0.466 e. The number of hydrogen-bond acceptors (Lipinski definition) is 6. The molecule has 0 unspecified atom stereocenters. The minimum atomic E-state index is -3.02. The van der Waals surface area contributed by atoms with Gasteiger partial charge in [-0.15, -0.1) is 0 Å². The molecule has 0 N–H and O–H groups in total. The minimum absolute atomic E-state index is 0.347. The molecule has 11 heteroatoms. The topological polar surface area (TPSA) is 63.2 Å². The summed E-state index contributed by atoms with van der Waals surface area (Å²) in [4.78, 5) is 10.2. The third-order valence-electron chi connectivity index (χ3n) is 2.21. The highest BCUT2D eigenvalue weighted by atomic mass is 28.5. The molecule has 0 atom stereocenters. The maximum Gasteiger partial charge on any atom is 0.636 e. The monoisotopic (exact) mass is 470 g/mol. The number of hydrogen-bond donors (Lipinski definition) is 0. The minimum Gasteiger partial charge on any atom is -0.466 e. The third-order valence-corrected chi connectivity index (χ3v) is 15.6. The van der Waals surface area contributed by atoms with Gasteiger partial charge in [-0.1, -0.05) is 6.58 Å². The van der Waals surface area contributed by atoms with Gasteiger partial charge in [0, 0.05) is 5.57 Å². The van der Waals surface area contributed by atoms with Gasteiger partial charge < -0.3 is 21.2 Å². The fourth-order valence-corrected chi connectivity index (χ4v) is 16.5. The van der Waals surface area contributed by atoms with Gasteiger partial charge in [-0.3, -0.25) is 0 Å². The normalized spacial score (nSPS) is 13.1. The van der Waals surface area contributed by atoms with E-state index in [1.807, 2.05) is 0 Å². The predicted octanol–water partition coefficient (Wildman–Crippen LogP) is 4.71. The van der Waals surface area contributed by atoms with Crippen LogP contribution in [-0.4, -0.2) is 56.1 Å². The van der Waals surface area contributed by atoms with E-state index in [0.717, 1.165) is 0 Å². The largest absolute Gasteiger partial charge is 0.636 e. The van der Waals surface area contributed by atoms with Crippen LogP contribution in [0.25, 0.3) is 0 Å². The molecule has 0 aliphatic carbocycles. The number of methoxy groups -OCH3 is 1. The fourth-order valence-electron chi connectivity index (χ4n) is 1.72. The molecule has 0 heterocycles. The van der Waals surface area contributed by atoms with Crippen molar-refractivity contribution in [2.45, 2.75) is 78.9 Å². The second kappa shape index (κ2) is 11.4. The standard InChI is InChI=1S/C11H34O4Si5.C5H8O2/c1-16(2)12-20(13-17(3,4)5,14-18(6,7)8)15-19(9,10)11;1-4(2)5(6)7-3/h16H,1-11H3;1H2,2-3H3. The first-order chi connectivity index (χ1) is 11.7. The first kappa shape index (κ1) is 29.3. The van der Waals surface area contributed by atoms with E-state index in [0.29, 0.717) is 5.57 Å². The second-order valence-corrected chi connectivity index (χ2v) is 28.7. The van der Waals surface area contributed by atoms with E-state index in [4.69, 9.17) is 16.5 Å². The molecule has 0 aliphatic heterocycles. The lowest BCUT2D eigenvalue weighted by molar-refractivity contribution is -0.136. The molecule has 6 nitrogen and oxygen atoms in total. The summed E-state index contributed by atoms with van der Waals surface area (Å²) in [5.41, 5.74) is 0.433. The lowest BCUT2D eigenvalue weighted by Crippen LogP contribution is -2.63. The highest BCUT2D eigenvalue weighted by Crippen LogP contribution is 2.27. The van der Waals surface area contributed by atoms with Crippen LogP contribution >= 0.6 is 0 Å². The predicted molar refractivity (Wildman–Crippen MR) is 126 cm³/mol. The summed E-state index contributed by atoms with van der Waals surface area (Å²) >= 11 is 0. The first-order valence-corrected chi connectivity index (χ1v) is 23.9. The summed E-state index contributed by atoms with van der Waals surface area (Å²) in [5, 5.41) is 0. The van der Waals surface area contributed by atoms with Gasteiger partial charge in [0.05, 0.1) is 7.11 Å². The van der Waals surface area contributed by atoms with Gasteiger partial charge in [0.15, 0.2) is 34.0 Å². The van der Waals surface area contributed by atoms with Crippen LogP contribution < -0.4 is 0 Å². The maximum absolute atomic E-state index is 10.2. The van der Waals surface area contributed by atoms with Crippen molar-refractivity contribution < 1.29 is 26.0 Å². The van der Waals surface area contributed by atoms with Crippen LogP contribution in [0.5, 0.6) is 0 Å². The Kier molecular flexibility index (Phi) is 12.3. The SMILES string of the molecule is C=C(C)C(=O)OC.C[SiH](C)O[Si](O[Si](C)(C)C)(O[Si](C)(C)C)O[Si](C)(C)C. The van der Waals surface area contributed by atoms with E-state index in [1.165, 1.54) is 7.11 Å². The fraction of sp³-hybridized carbons (Fsp3) is 0.812. The zero-order valence-corrected chi connectivity index (χ0v) is 24.9. The Balaban J connectivity index is 0. The Hall–Kier alpha value is 0.134. The van der Waals surface area contributed by atoms with Crippen LogP contribution in [0.1, 0.15) is 6.92 Å².